The highest BCUT2D eigenvalue weighted by molar-refractivity contribution is 8.18. The van der Waals surface area contributed by atoms with Crippen LogP contribution in [0.1, 0.15) is 29.3 Å². The monoisotopic (exact) mass is 426 g/mol. The summed E-state index contributed by atoms with van der Waals surface area (Å²) in [4.78, 5) is 30.2. The predicted octanol–water partition coefficient (Wildman–Crippen LogP) is 4.42. The van der Waals surface area contributed by atoms with Crippen molar-refractivity contribution in [1.82, 2.24) is 4.90 Å². The van der Waals surface area contributed by atoms with Gasteiger partial charge in [-0.2, -0.15) is 0 Å². The van der Waals surface area contributed by atoms with Crippen LogP contribution in [0.15, 0.2) is 52.4 Å². The number of carbonyl (C=O) groups excluding carboxylic acids is 1. The number of rotatable bonds is 7. The predicted molar refractivity (Wildman–Crippen MR) is 118 cm³/mol. The molecule has 0 saturated carbocycles. The van der Waals surface area contributed by atoms with Crippen LogP contribution in [-0.4, -0.2) is 47.8 Å². The third-order valence-electron chi connectivity index (χ3n) is 4.27. The second-order valence-corrected chi connectivity index (χ2v) is 7.49. The van der Waals surface area contributed by atoms with E-state index in [1.165, 1.54) is 28.8 Å². The molecule has 0 atom stereocenters. The number of ether oxygens (including phenoxy) is 2. The molecule has 2 aromatic rings. The number of hydrogen-bond donors (Lipinski definition) is 1. The first kappa shape index (κ1) is 21.4. The molecule has 1 saturated heterocycles. The molecule has 0 aromatic heterocycles. The van der Waals surface area contributed by atoms with Crippen LogP contribution in [0.25, 0.3) is 6.08 Å². The Balaban J connectivity index is 1.86. The summed E-state index contributed by atoms with van der Waals surface area (Å²) >= 11 is 1.23. The van der Waals surface area contributed by atoms with Crippen molar-refractivity contribution in [2.75, 3.05) is 20.8 Å². The lowest BCUT2D eigenvalue weighted by Gasteiger charge is -2.10. The molecule has 0 bridgehead atoms. The molecule has 1 N–H and O–H groups in total. The van der Waals surface area contributed by atoms with E-state index < -0.39 is 5.97 Å². The summed E-state index contributed by atoms with van der Waals surface area (Å²) in [6.07, 6.45) is 2.66. The molecular weight excluding hydrogens is 404 g/mol. The first-order valence-electron chi connectivity index (χ1n) is 9.33. The number of thioether (sulfide) groups is 1. The number of carbonyl (C=O) groups is 2. The highest BCUT2D eigenvalue weighted by Crippen LogP contribution is 2.35. The van der Waals surface area contributed by atoms with Gasteiger partial charge in [-0.1, -0.05) is 19.1 Å². The molecule has 1 heterocycles. The van der Waals surface area contributed by atoms with Crippen molar-refractivity contribution >= 4 is 40.6 Å². The average Bonchev–Trinajstić information content (AvgIpc) is 3.00. The third-order valence-corrected chi connectivity index (χ3v) is 5.33. The number of amidine groups is 1. The standard InChI is InChI=1S/C22H22N2O5S/c1-4-10-29-17-9-8-14(11-18(17)28-3)12-19-20(25)24(2)22(30-19)23-16-7-5-6-15(13-16)21(26)27/h5-9,11-13H,4,10H2,1-3H3,(H,26,27)/b19-12+,23-22?. The average molecular weight is 426 g/mol. The molecule has 8 heteroatoms. The molecule has 0 spiro atoms. The molecule has 1 aliphatic heterocycles. The van der Waals surface area contributed by atoms with Gasteiger partial charge in [-0.3, -0.25) is 9.69 Å². The van der Waals surface area contributed by atoms with Crippen LogP contribution in [0.2, 0.25) is 0 Å². The van der Waals surface area contributed by atoms with Gasteiger partial charge < -0.3 is 14.6 Å². The minimum absolute atomic E-state index is 0.141. The third kappa shape index (κ3) is 4.83. The number of amides is 1. The van der Waals surface area contributed by atoms with Gasteiger partial charge in [0.25, 0.3) is 5.91 Å². The number of hydrogen-bond acceptors (Lipinski definition) is 6. The van der Waals surface area contributed by atoms with Crippen LogP contribution in [-0.2, 0) is 4.79 Å². The van der Waals surface area contributed by atoms with E-state index in [0.717, 1.165) is 12.0 Å². The molecule has 156 valence electrons. The summed E-state index contributed by atoms with van der Waals surface area (Å²) in [6.45, 7) is 2.63. The lowest BCUT2D eigenvalue weighted by Crippen LogP contribution is -2.23. The Labute approximate surface area is 179 Å². The number of aliphatic imine (C=N–C) groups is 1. The largest absolute Gasteiger partial charge is 0.493 e. The zero-order valence-corrected chi connectivity index (χ0v) is 17.7. The Morgan fingerprint density at radius 2 is 2.03 bits per heavy atom. The van der Waals surface area contributed by atoms with E-state index in [0.29, 0.717) is 33.9 Å². The van der Waals surface area contributed by atoms with Crippen LogP contribution in [0, 0.1) is 0 Å². The molecule has 0 unspecified atom stereocenters. The lowest BCUT2D eigenvalue weighted by atomic mass is 10.2. The van der Waals surface area contributed by atoms with Crippen molar-refractivity contribution in [3.05, 3.63) is 58.5 Å². The van der Waals surface area contributed by atoms with Gasteiger partial charge in [0.15, 0.2) is 16.7 Å². The quantitative estimate of drug-likeness (QED) is 0.660. The SMILES string of the molecule is CCCOc1ccc(/C=C2/SC(=Nc3cccc(C(=O)O)c3)N(C)C2=O)cc1OC. The Morgan fingerprint density at radius 1 is 1.23 bits per heavy atom. The molecule has 1 amide bonds. The van der Waals surface area contributed by atoms with Gasteiger partial charge in [0.2, 0.25) is 0 Å². The van der Waals surface area contributed by atoms with E-state index in [-0.39, 0.29) is 11.5 Å². The zero-order valence-electron chi connectivity index (χ0n) is 16.9. The maximum Gasteiger partial charge on any atom is 0.335 e. The van der Waals surface area contributed by atoms with Crippen LogP contribution in [0.4, 0.5) is 5.69 Å². The fraction of sp³-hybridized carbons (Fsp3) is 0.227. The van der Waals surface area contributed by atoms with Crippen molar-refractivity contribution in [3.8, 4) is 11.5 Å². The first-order chi connectivity index (χ1) is 14.4. The van der Waals surface area contributed by atoms with Crippen LogP contribution in [0.5, 0.6) is 11.5 Å². The minimum Gasteiger partial charge on any atom is -0.493 e. The molecule has 0 radical (unpaired) electrons. The van der Waals surface area contributed by atoms with Gasteiger partial charge in [-0.05, 0) is 60.2 Å². The maximum atomic E-state index is 12.7. The van der Waals surface area contributed by atoms with E-state index in [1.54, 1.807) is 32.4 Å². The highest BCUT2D eigenvalue weighted by atomic mass is 32.2. The van der Waals surface area contributed by atoms with Gasteiger partial charge in [0.05, 0.1) is 29.9 Å². The second-order valence-electron chi connectivity index (χ2n) is 6.48. The van der Waals surface area contributed by atoms with Crippen LogP contribution in [0.3, 0.4) is 0 Å². The number of carboxylic acid groups (broad SMARTS) is 1. The number of aromatic carboxylic acids is 1. The van der Waals surface area contributed by atoms with Gasteiger partial charge >= 0.3 is 5.97 Å². The smallest absolute Gasteiger partial charge is 0.335 e. The first-order valence-corrected chi connectivity index (χ1v) is 10.1. The van der Waals surface area contributed by atoms with E-state index in [4.69, 9.17) is 14.6 Å². The lowest BCUT2D eigenvalue weighted by molar-refractivity contribution is -0.121. The number of likely N-dealkylation sites (N-methyl/N-ethyl adjacent to an activating group) is 1. The summed E-state index contributed by atoms with van der Waals surface area (Å²) in [5.74, 6) is 0.0467. The van der Waals surface area contributed by atoms with Crippen molar-refractivity contribution in [3.63, 3.8) is 0 Å². The highest BCUT2D eigenvalue weighted by Gasteiger charge is 2.30. The summed E-state index contributed by atoms with van der Waals surface area (Å²) in [5, 5.41) is 9.61. The van der Waals surface area contributed by atoms with Crippen molar-refractivity contribution in [2.24, 2.45) is 4.99 Å². The molecule has 30 heavy (non-hydrogen) atoms. The molecule has 3 rings (SSSR count). The summed E-state index contributed by atoms with van der Waals surface area (Å²) in [6, 6.07) is 11.8. The van der Waals surface area contributed by atoms with Crippen molar-refractivity contribution in [2.45, 2.75) is 13.3 Å². The molecule has 1 aliphatic rings. The fourth-order valence-corrected chi connectivity index (χ4v) is 3.71. The Bertz CT molecular complexity index is 1030. The number of nitrogens with zero attached hydrogens (tertiary/aromatic N) is 2. The van der Waals surface area contributed by atoms with Gasteiger partial charge in [0.1, 0.15) is 0 Å². The minimum atomic E-state index is -1.03. The molecule has 7 nitrogen and oxygen atoms in total. The molecular formula is C22H22N2O5S. The van der Waals surface area contributed by atoms with Crippen LogP contribution >= 0.6 is 11.8 Å². The van der Waals surface area contributed by atoms with Gasteiger partial charge in [-0.25, -0.2) is 9.79 Å². The van der Waals surface area contributed by atoms with E-state index in [9.17, 15) is 9.59 Å². The summed E-state index contributed by atoms with van der Waals surface area (Å²) < 4.78 is 11.1. The normalized spacial score (nSPS) is 16.4. The number of benzene rings is 2. The topological polar surface area (TPSA) is 88.4 Å². The maximum absolute atomic E-state index is 12.7. The zero-order chi connectivity index (χ0) is 21.7. The van der Waals surface area contributed by atoms with Gasteiger partial charge in [-0.15, -0.1) is 0 Å². The van der Waals surface area contributed by atoms with Crippen molar-refractivity contribution < 1.29 is 24.2 Å². The van der Waals surface area contributed by atoms with Crippen LogP contribution < -0.4 is 9.47 Å². The number of methoxy groups -OCH3 is 1. The fourth-order valence-electron chi connectivity index (χ4n) is 2.73. The second kappa shape index (κ2) is 9.49. The Hall–Kier alpha value is -3.26. The Kier molecular flexibility index (Phi) is 6.79. The number of carboxylic acids is 1. The summed E-state index contributed by atoms with van der Waals surface area (Å²) in [5.41, 5.74) is 1.41. The van der Waals surface area contributed by atoms with Crippen molar-refractivity contribution in [1.29, 1.82) is 0 Å². The molecule has 0 aliphatic carbocycles. The molecule has 1 fully saturated rings. The van der Waals surface area contributed by atoms with E-state index >= 15 is 0 Å². The summed E-state index contributed by atoms with van der Waals surface area (Å²) in [7, 11) is 3.21. The molecule has 2 aromatic carbocycles. The Morgan fingerprint density at radius 3 is 2.73 bits per heavy atom. The van der Waals surface area contributed by atoms with E-state index in [2.05, 4.69) is 4.99 Å². The van der Waals surface area contributed by atoms with Gasteiger partial charge in [0, 0.05) is 7.05 Å². The van der Waals surface area contributed by atoms with E-state index in [1.807, 2.05) is 25.1 Å².